The Bertz CT molecular complexity index is 283. The van der Waals surface area contributed by atoms with Crippen LogP contribution in [0.1, 0.15) is 9.75 Å². The highest BCUT2D eigenvalue weighted by Crippen LogP contribution is 2.14. The minimum Gasteiger partial charge on any atom is -0.375 e. The van der Waals surface area contributed by atoms with E-state index in [0.717, 1.165) is 0 Å². The maximum atomic E-state index is 11.0. The average molecular weight is 199 g/mol. The van der Waals surface area contributed by atoms with E-state index in [0.29, 0.717) is 6.54 Å². The van der Waals surface area contributed by atoms with E-state index in [1.165, 1.54) is 16.9 Å². The minimum atomic E-state index is -0.0754. The number of thiophene rings is 1. The van der Waals surface area contributed by atoms with Gasteiger partial charge in [-0.3, -0.25) is 4.79 Å². The lowest BCUT2D eigenvalue weighted by atomic mass is 10.4. The fraction of sp³-hybridized carbons (Fsp3) is 0.444. The number of rotatable bonds is 4. The van der Waals surface area contributed by atoms with Crippen molar-refractivity contribution >= 4 is 17.2 Å². The Kier molecular flexibility index (Phi) is 3.92. The van der Waals surface area contributed by atoms with Crippen molar-refractivity contribution in [1.82, 2.24) is 5.32 Å². The Labute approximate surface area is 81.7 Å². The predicted octanol–water partition coefficient (Wildman–Crippen LogP) is 1.32. The second-order valence-electron chi connectivity index (χ2n) is 2.72. The zero-order valence-corrected chi connectivity index (χ0v) is 8.61. The van der Waals surface area contributed by atoms with E-state index in [-0.39, 0.29) is 12.5 Å². The quantitative estimate of drug-likeness (QED) is 0.794. The van der Waals surface area contributed by atoms with Crippen molar-refractivity contribution in [1.29, 1.82) is 0 Å². The number of ether oxygens (including phenoxy) is 1. The first-order valence-corrected chi connectivity index (χ1v) is 4.85. The number of methoxy groups -OCH3 is 1. The van der Waals surface area contributed by atoms with E-state index >= 15 is 0 Å². The van der Waals surface area contributed by atoms with Gasteiger partial charge in [-0.25, -0.2) is 0 Å². The van der Waals surface area contributed by atoms with E-state index in [1.54, 1.807) is 11.3 Å². The molecule has 0 fully saturated rings. The van der Waals surface area contributed by atoms with Gasteiger partial charge in [0.15, 0.2) is 0 Å². The second kappa shape index (κ2) is 4.99. The van der Waals surface area contributed by atoms with Crippen molar-refractivity contribution in [2.75, 3.05) is 13.7 Å². The van der Waals surface area contributed by atoms with Crippen molar-refractivity contribution in [3.8, 4) is 0 Å². The van der Waals surface area contributed by atoms with Crippen molar-refractivity contribution < 1.29 is 9.53 Å². The number of carbonyl (C=O) groups is 1. The molecule has 1 amide bonds. The highest BCUT2D eigenvalue weighted by atomic mass is 32.1. The van der Waals surface area contributed by atoms with Crippen LogP contribution in [-0.4, -0.2) is 19.6 Å². The molecule has 72 valence electrons. The molecular formula is C9H13NO2S. The van der Waals surface area contributed by atoms with E-state index < -0.39 is 0 Å². The lowest BCUT2D eigenvalue weighted by Crippen LogP contribution is -2.26. The fourth-order valence-electron chi connectivity index (χ4n) is 0.948. The zero-order chi connectivity index (χ0) is 9.68. The van der Waals surface area contributed by atoms with Crippen LogP contribution in [0, 0.1) is 6.92 Å². The third-order valence-electron chi connectivity index (χ3n) is 1.53. The monoisotopic (exact) mass is 199 g/mol. The molecule has 0 unspecified atom stereocenters. The predicted molar refractivity (Wildman–Crippen MR) is 52.8 cm³/mol. The Morgan fingerprint density at radius 2 is 2.38 bits per heavy atom. The van der Waals surface area contributed by atoms with Gasteiger partial charge in [0.05, 0.1) is 6.54 Å². The van der Waals surface area contributed by atoms with Gasteiger partial charge in [-0.05, 0) is 19.1 Å². The standard InChI is InChI=1S/C9H13NO2S/c1-7-3-4-8(13-7)5-10-9(11)6-12-2/h3-4H,5-6H2,1-2H3,(H,10,11). The molecule has 0 aliphatic carbocycles. The molecule has 1 heterocycles. The zero-order valence-electron chi connectivity index (χ0n) is 7.79. The number of hydrogen-bond acceptors (Lipinski definition) is 3. The van der Waals surface area contributed by atoms with E-state index in [9.17, 15) is 4.79 Å². The third kappa shape index (κ3) is 3.57. The van der Waals surface area contributed by atoms with Gasteiger partial charge in [0.25, 0.3) is 0 Å². The lowest BCUT2D eigenvalue weighted by Gasteiger charge is -2.01. The molecule has 1 N–H and O–H groups in total. The van der Waals surface area contributed by atoms with Gasteiger partial charge in [0.2, 0.25) is 5.91 Å². The Morgan fingerprint density at radius 3 is 2.92 bits per heavy atom. The van der Waals surface area contributed by atoms with Gasteiger partial charge in [0.1, 0.15) is 6.61 Å². The first-order chi connectivity index (χ1) is 6.22. The normalized spacial score (nSPS) is 10.0. The molecule has 4 heteroatoms. The van der Waals surface area contributed by atoms with Gasteiger partial charge in [0, 0.05) is 16.9 Å². The summed E-state index contributed by atoms with van der Waals surface area (Å²) in [5, 5.41) is 2.76. The van der Waals surface area contributed by atoms with Gasteiger partial charge in [-0.15, -0.1) is 11.3 Å². The summed E-state index contributed by atoms with van der Waals surface area (Å²) >= 11 is 1.69. The molecule has 0 spiro atoms. The molecule has 0 aliphatic rings. The first-order valence-electron chi connectivity index (χ1n) is 4.03. The molecule has 0 atom stereocenters. The van der Waals surface area contributed by atoms with Crippen LogP contribution in [-0.2, 0) is 16.1 Å². The highest BCUT2D eigenvalue weighted by molar-refractivity contribution is 7.11. The van der Waals surface area contributed by atoms with Crippen molar-refractivity contribution in [2.45, 2.75) is 13.5 Å². The summed E-state index contributed by atoms with van der Waals surface area (Å²) in [6, 6.07) is 4.07. The summed E-state index contributed by atoms with van der Waals surface area (Å²) < 4.78 is 4.69. The van der Waals surface area contributed by atoms with Crippen LogP contribution < -0.4 is 5.32 Å². The Hall–Kier alpha value is -0.870. The Morgan fingerprint density at radius 1 is 1.62 bits per heavy atom. The highest BCUT2D eigenvalue weighted by Gasteiger charge is 2.00. The maximum Gasteiger partial charge on any atom is 0.246 e. The summed E-state index contributed by atoms with van der Waals surface area (Å²) in [4.78, 5) is 13.4. The number of amides is 1. The van der Waals surface area contributed by atoms with Crippen LogP contribution in [0.25, 0.3) is 0 Å². The van der Waals surface area contributed by atoms with Crippen LogP contribution in [0.4, 0.5) is 0 Å². The van der Waals surface area contributed by atoms with E-state index in [1.807, 2.05) is 19.1 Å². The molecule has 3 nitrogen and oxygen atoms in total. The number of aryl methyl sites for hydroxylation is 1. The van der Waals surface area contributed by atoms with Gasteiger partial charge < -0.3 is 10.1 Å². The van der Waals surface area contributed by atoms with Crippen LogP contribution in [0.5, 0.6) is 0 Å². The molecule has 0 saturated carbocycles. The maximum absolute atomic E-state index is 11.0. The largest absolute Gasteiger partial charge is 0.375 e. The molecule has 0 aliphatic heterocycles. The van der Waals surface area contributed by atoms with E-state index in [4.69, 9.17) is 0 Å². The van der Waals surface area contributed by atoms with Crippen molar-refractivity contribution in [3.63, 3.8) is 0 Å². The molecule has 0 saturated heterocycles. The molecule has 0 bridgehead atoms. The number of carbonyl (C=O) groups excluding carboxylic acids is 1. The van der Waals surface area contributed by atoms with Gasteiger partial charge >= 0.3 is 0 Å². The summed E-state index contributed by atoms with van der Waals surface area (Å²) in [5.74, 6) is -0.0754. The summed E-state index contributed by atoms with van der Waals surface area (Å²) in [6.07, 6.45) is 0. The summed E-state index contributed by atoms with van der Waals surface area (Å²) in [6.45, 7) is 2.77. The molecule has 0 aromatic carbocycles. The summed E-state index contributed by atoms with van der Waals surface area (Å²) in [7, 11) is 1.51. The van der Waals surface area contributed by atoms with Crippen LogP contribution in [0.2, 0.25) is 0 Å². The molecule has 13 heavy (non-hydrogen) atoms. The van der Waals surface area contributed by atoms with Crippen LogP contribution in [0.3, 0.4) is 0 Å². The number of nitrogens with one attached hydrogen (secondary N) is 1. The number of hydrogen-bond donors (Lipinski definition) is 1. The van der Waals surface area contributed by atoms with Crippen LogP contribution >= 0.6 is 11.3 Å². The molecule has 1 aromatic rings. The van der Waals surface area contributed by atoms with Gasteiger partial charge in [-0.1, -0.05) is 0 Å². The average Bonchev–Trinajstić information content (AvgIpc) is 2.49. The fourth-order valence-corrected chi connectivity index (χ4v) is 1.78. The summed E-state index contributed by atoms with van der Waals surface area (Å²) in [5.41, 5.74) is 0. The van der Waals surface area contributed by atoms with Crippen molar-refractivity contribution in [3.05, 3.63) is 21.9 Å². The molecule has 1 aromatic heterocycles. The third-order valence-corrected chi connectivity index (χ3v) is 2.53. The minimum absolute atomic E-state index is 0.0754. The van der Waals surface area contributed by atoms with Crippen molar-refractivity contribution in [2.24, 2.45) is 0 Å². The molecule has 1 rings (SSSR count). The lowest BCUT2D eigenvalue weighted by molar-refractivity contribution is -0.124. The second-order valence-corrected chi connectivity index (χ2v) is 4.09. The smallest absolute Gasteiger partial charge is 0.246 e. The molecular weight excluding hydrogens is 186 g/mol. The Balaban J connectivity index is 2.30. The molecule has 0 radical (unpaired) electrons. The van der Waals surface area contributed by atoms with E-state index in [2.05, 4.69) is 10.1 Å². The SMILES string of the molecule is COCC(=O)NCc1ccc(C)s1. The van der Waals surface area contributed by atoms with Crippen LogP contribution in [0.15, 0.2) is 12.1 Å². The first kappa shape index (κ1) is 10.2. The topological polar surface area (TPSA) is 38.3 Å². The van der Waals surface area contributed by atoms with Gasteiger partial charge in [-0.2, -0.15) is 0 Å².